The smallest absolute Gasteiger partial charge is 0.0522 e. The van der Waals surface area contributed by atoms with E-state index in [1.807, 2.05) is 10.9 Å². The van der Waals surface area contributed by atoms with E-state index in [1.54, 1.807) is 0 Å². The molecule has 0 radical (unpaired) electrons. The second-order valence-corrected chi connectivity index (χ2v) is 4.55. The summed E-state index contributed by atoms with van der Waals surface area (Å²) in [5.74, 6) is 0.513. The van der Waals surface area contributed by atoms with Crippen LogP contribution in [-0.4, -0.2) is 29.0 Å². The molecule has 4 nitrogen and oxygen atoms in total. The van der Waals surface area contributed by atoms with Gasteiger partial charge in [-0.1, -0.05) is 0 Å². The average Bonchev–Trinajstić information content (AvgIpc) is 2.78. The van der Waals surface area contributed by atoms with Crippen LogP contribution in [0.5, 0.6) is 0 Å². The first kappa shape index (κ1) is 11.6. The van der Waals surface area contributed by atoms with Gasteiger partial charge in [0.15, 0.2) is 0 Å². The maximum absolute atomic E-state index is 6.21. The Bertz CT molecular complexity index is 318. The molecule has 1 aliphatic heterocycles. The second-order valence-electron chi connectivity index (χ2n) is 4.55. The molecular weight excluding hydrogens is 202 g/mol. The molecule has 90 valence electrons. The monoisotopic (exact) mass is 223 g/mol. The fraction of sp³-hybridized carbons (Fsp3) is 0.750. The Hall–Kier alpha value is -0.870. The molecule has 0 amide bonds. The zero-order valence-electron chi connectivity index (χ0n) is 9.93. The number of aromatic nitrogens is 2. The fourth-order valence-corrected chi connectivity index (χ4v) is 2.23. The highest BCUT2D eigenvalue weighted by Crippen LogP contribution is 2.18. The molecule has 0 spiro atoms. The molecule has 0 saturated carbocycles. The quantitative estimate of drug-likeness (QED) is 0.834. The molecule has 1 aliphatic rings. The van der Waals surface area contributed by atoms with Crippen molar-refractivity contribution in [3.63, 3.8) is 0 Å². The van der Waals surface area contributed by atoms with Gasteiger partial charge in [-0.05, 0) is 37.7 Å². The number of hydrogen-bond acceptors (Lipinski definition) is 3. The molecule has 2 rings (SSSR count). The van der Waals surface area contributed by atoms with Gasteiger partial charge in [-0.2, -0.15) is 5.10 Å². The van der Waals surface area contributed by atoms with Gasteiger partial charge in [-0.15, -0.1) is 0 Å². The zero-order chi connectivity index (χ0) is 11.4. The highest BCUT2D eigenvalue weighted by atomic mass is 16.5. The second kappa shape index (κ2) is 5.46. The highest BCUT2D eigenvalue weighted by molar-refractivity contribution is 5.06. The van der Waals surface area contributed by atoms with Crippen LogP contribution in [0, 0.1) is 5.92 Å². The van der Waals surface area contributed by atoms with Crippen LogP contribution in [0.1, 0.15) is 25.3 Å². The van der Waals surface area contributed by atoms with Crippen molar-refractivity contribution >= 4 is 0 Å². The summed E-state index contributed by atoms with van der Waals surface area (Å²) in [6.07, 6.45) is 7.26. The van der Waals surface area contributed by atoms with E-state index in [0.717, 1.165) is 32.6 Å². The summed E-state index contributed by atoms with van der Waals surface area (Å²) in [7, 11) is 0. The van der Waals surface area contributed by atoms with Crippen molar-refractivity contribution in [1.82, 2.24) is 9.78 Å². The van der Waals surface area contributed by atoms with Gasteiger partial charge in [-0.3, -0.25) is 4.68 Å². The predicted molar refractivity (Wildman–Crippen MR) is 63.1 cm³/mol. The molecule has 1 aromatic rings. The van der Waals surface area contributed by atoms with Gasteiger partial charge >= 0.3 is 0 Å². The number of ether oxygens (including phenoxy) is 1. The molecule has 2 atom stereocenters. The van der Waals surface area contributed by atoms with Crippen LogP contribution in [0.25, 0.3) is 0 Å². The molecule has 1 saturated heterocycles. The SMILES string of the molecule is CCn1cc(CC(N)C2CCCOC2)cn1. The van der Waals surface area contributed by atoms with Crippen LogP contribution in [-0.2, 0) is 17.7 Å². The lowest BCUT2D eigenvalue weighted by atomic mass is 9.91. The van der Waals surface area contributed by atoms with Crippen molar-refractivity contribution in [3.05, 3.63) is 18.0 Å². The van der Waals surface area contributed by atoms with Crippen molar-refractivity contribution < 1.29 is 4.74 Å². The minimum Gasteiger partial charge on any atom is -0.381 e. The first-order valence-corrected chi connectivity index (χ1v) is 6.14. The lowest BCUT2D eigenvalue weighted by molar-refractivity contribution is 0.0450. The van der Waals surface area contributed by atoms with Crippen LogP contribution >= 0.6 is 0 Å². The topological polar surface area (TPSA) is 53.1 Å². The van der Waals surface area contributed by atoms with Crippen LogP contribution in [0.4, 0.5) is 0 Å². The molecule has 0 aromatic carbocycles. The van der Waals surface area contributed by atoms with Crippen LogP contribution in [0.15, 0.2) is 12.4 Å². The maximum Gasteiger partial charge on any atom is 0.0522 e. The Kier molecular flexibility index (Phi) is 3.96. The normalized spacial score (nSPS) is 23.2. The average molecular weight is 223 g/mol. The summed E-state index contributed by atoms with van der Waals surface area (Å²) < 4.78 is 7.41. The van der Waals surface area contributed by atoms with E-state index < -0.39 is 0 Å². The molecule has 0 bridgehead atoms. The van der Waals surface area contributed by atoms with E-state index >= 15 is 0 Å². The molecular formula is C12H21N3O. The fourth-order valence-electron chi connectivity index (χ4n) is 2.23. The van der Waals surface area contributed by atoms with E-state index in [1.165, 1.54) is 12.0 Å². The van der Waals surface area contributed by atoms with E-state index in [-0.39, 0.29) is 6.04 Å². The lowest BCUT2D eigenvalue weighted by Crippen LogP contribution is -2.37. The molecule has 2 heterocycles. The molecule has 2 N–H and O–H groups in total. The minimum absolute atomic E-state index is 0.204. The van der Waals surface area contributed by atoms with Crippen molar-refractivity contribution in [2.45, 2.75) is 38.8 Å². The summed E-state index contributed by atoms with van der Waals surface area (Å²) in [6.45, 7) is 4.73. The van der Waals surface area contributed by atoms with Crippen molar-refractivity contribution in [2.24, 2.45) is 11.7 Å². The van der Waals surface area contributed by atoms with Crippen LogP contribution in [0.2, 0.25) is 0 Å². The first-order valence-electron chi connectivity index (χ1n) is 6.14. The Morgan fingerprint density at radius 2 is 2.56 bits per heavy atom. The Morgan fingerprint density at radius 1 is 1.69 bits per heavy atom. The van der Waals surface area contributed by atoms with Gasteiger partial charge in [0.05, 0.1) is 12.8 Å². The first-order chi connectivity index (χ1) is 7.79. The number of nitrogens with zero attached hydrogens (tertiary/aromatic N) is 2. The molecule has 1 aromatic heterocycles. The summed E-state index contributed by atoms with van der Waals surface area (Å²) in [5.41, 5.74) is 7.45. The minimum atomic E-state index is 0.204. The van der Waals surface area contributed by atoms with Crippen LogP contribution in [0.3, 0.4) is 0 Å². The predicted octanol–water partition coefficient (Wildman–Crippen LogP) is 1.20. The van der Waals surface area contributed by atoms with Crippen molar-refractivity contribution in [3.8, 4) is 0 Å². The Balaban J connectivity index is 1.87. The summed E-state index contributed by atoms with van der Waals surface area (Å²) >= 11 is 0. The van der Waals surface area contributed by atoms with Gasteiger partial charge in [0.1, 0.15) is 0 Å². The lowest BCUT2D eigenvalue weighted by Gasteiger charge is -2.27. The van der Waals surface area contributed by atoms with E-state index in [2.05, 4.69) is 18.2 Å². The third kappa shape index (κ3) is 2.83. The molecule has 16 heavy (non-hydrogen) atoms. The third-order valence-corrected chi connectivity index (χ3v) is 3.28. The van der Waals surface area contributed by atoms with Crippen molar-refractivity contribution in [2.75, 3.05) is 13.2 Å². The molecule has 2 unspecified atom stereocenters. The maximum atomic E-state index is 6.21. The highest BCUT2D eigenvalue weighted by Gasteiger charge is 2.21. The third-order valence-electron chi connectivity index (χ3n) is 3.28. The van der Waals surface area contributed by atoms with Crippen molar-refractivity contribution in [1.29, 1.82) is 0 Å². The number of nitrogens with two attached hydrogens (primary N) is 1. The summed E-state index contributed by atoms with van der Waals surface area (Å²) in [5, 5.41) is 4.26. The van der Waals surface area contributed by atoms with E-state index in [4.69, 9.17) is 10.5 Å². The zero-order valence-corrected chi connectivity index (χ0v) is 9.93. The largest absolute Gasteiger partial charge is 0.381 e. The standard InChI is InChI=1S/C12H21N3O/c1-2-15-8-10(7-14-15)6-12(13)11-4-3-5-16-9-11/h7-8,11-12H,2-6,9,13H2,1H3. The van der Waals surface area contributed by atoms with Gasteiger partial charge in [0.2, 0.25) is 0 Å². The van der Waals surface area contributed by atoms with E-state index in [9.17, 15) is 0 Å². The molecule has 0 aliphatic carbocycles. The Labute approximate surface area is 96.8 Å². The van der Waals surface area contributed by atoms with Gasteiger partial charge in [-0.25, -0.2) is 0 Å². The molecule has 1 fully saturated rings. The Morgan fingerprint density at radius 3 is 3.19 bits per heavy atom. The number of aryl methyl sites for hydroxylation is 1. The summed E-state index contributed by atoms with van der Waals surface area (Å²) in [4.78, 5) is 0. The summed E-state index contributed by atoms with van der Waals surface area (Å²) in [6, 6.07) is 0.204. The van der Waals surface area contributed by atoms with E-state index in [0.29, 0.717) is 5.92 Å². The molecule has 4 heteroatoms. The van der Waals surface area contributed by atoms with Gasteiger partial charge in [0.25, 0.3) is 0 Å². The van der Waals surface area contributed by atoms with Crippen LogP contribution < -0.4 is 5.73 Å². The number of hydrogen-bond donors (Lipinski definition) is 1. The van der Waals surface area contributed by atoms with Gasteiger partial charge in [0, 0.05) is 25.4 Å². The van der Waals surface area contributed by atoms with Gasteiger partial charge < -0.3 is 10.5 Å². The number of rotatable bonds is 4.